The van der Waals surface area contributed by atoms with Crippen molar-refractivity contribution in [2.75, 3.05) is 13.2 Å². The Kier molecular flexibility index (Phi) is 2.66. The van der Waals surface area contributed by atoms with Gasteiger partial charge in [0.05, 0.1) is 5.56 Å². The quantitative estimate of drug-likeness (QED) is 0.814. The number of hydrogen-bond acceptors (Lipinski definition) is 4. The lowest BCUT2D eigenvalue weighted by Crippen LogP contribution is -2.16. The van der Waals surface area contributed by atoms with Gasteiger partial charge in [-0.25, -0.2) is 0 Å². The van der Waals surface area contributed by atoms with E-state index in [0.717, 1.165) is 22.9 Å². The van der Waals surface area contributed by atoms with Gasteiger partial charge in [0.1, 0.15) is 19.5 Å². The first-order chi connectivity index (χ1) is 8.77. The highest BCUT2D eigenvalue weighted by Gasteiger charge is 2.20. The maximum Gasteiger partial charge on any atom is 0.172 e. The Balaban J connectivity index is 2.14. The van der Waals surface area contributed by atoms with E-state index in [4.69, 9.17) is 9.47 Å². The number of ether oxygens (including phenoxy) is 2. The zero-order chi connectivity index (χ0) is 12.5. The van der Waals surface area contributed by atoms with Crippen molar-refractivity contribution >= 4 is 0 Å². The summed E-state index contributed by atoms with van der Waals surface area (Å²) in [4.78, 5) is 0. The Bertz CT molecular complexity index is 563. The molecule has 2 heterocycles. The molecule has 0 N–H and O–H groups in total. The van der Waals surface area contributed by atoms with Gasteiger partial charge in [-0.1, -0.05) is 6.07 Å². The summed E-state index contributed by atoms with van der Waals surface area (Å²) in [6.07, 6.45) is 1.74. The van der Waals surface area contributed by atoms with Crippen LogP contribution in [0.5, 0.6) is 11.5 Å². The van der Waals surface area contributed by atoms with Gasteiger partial charge in [0.2, 0.25) is 0 Å². The number of benzene rings is 1. The molecular weight excluding hydrogens is 230 g/mol. The molecular formula is C13H15N3O2. The molecule has 0 spiro atoms. The second-order valence-corrected chi connectivity index (χ2v) is 4.49. The van der Waals surface area contributed by atoms with Gasteiger partial charge in [0.25, 0.3) is 0 Å². The van der Waals surface area contributed by atoms with Gasteiger partial charge < -0.3 is 14.0 Å². The third-order valence-corrected chi connectivity index (χ3v) is 2.94. The fourth-order valence-corrected chi connectivity index (χ4v) is 2.06. The third-order valence-electron chi connectivity index (χ3n) is 2.94. The zero-order valence-electron chi connectivity index (χ0n) is 10.5. The Labute approximate surface area is 105 Å². The normalized spacial score (nSPS) is 13.9. The Hall–Kier alpha value is -2.04. The molecule has 0 atom stereocenters. The van der Waals surface area contributed by atoms with Gasteiger partial charge in [-0.15, -0.1) is 10.2 Å². The molecule has 0 amide bonds. The van der Waals surface area contributed by atoms with E-state index < -0.39 is 0 Å². The predicted octanol–water partition coefficient (Wildman–Crippen LogP) is 2.30. The first kappa shape index (κ1) is 11.1. The van der Waals surface area contributed by atoms with E-state index in [1.165, 1.54) is 0 Å². The van der Waals surface area contributed by atoms with E-state index in [9.17, 15) is 0 Å². The molecule has 1 aliphatic heterocycles. The van der Waals surface area contributed by atoms with Gasteiger partial charge in [0, 0.05) is 6.04 Å². The number of fused-ring (bicyclic) bond motifs is 1. The van der Waals surface area contributed by atoms with Gasteiger partial charge in [-0.3, -0.25) is 0 Å². The van der Waals surface area contributed by atoms with Gasteiger partial charge in [0.15, 0.2) is 17.3 Å². The molecule has 1 aromatic carbocycles. The van der Waals surface area contributed by atoms with Crippen LogP contribution >= 0.6 is 0 Å². The molecule has 5 heteroatoms. The van der Waals surface area contributed by atoms with Crippen molar-refractivity contribution < 1.29 is 9.47 Å². The minimum atomic E-state index is 0.301. The molecule has 2 aromatic rings. The van der Waals surface area contributed by atoms with E-state index in [2.05, 4.69) is 24.0 Å². The summed E-state index contributed by atoms with van der Waals surface area (Å²) in [5, 5.41) is 8.18. The maximum atomic E-state index is 5.71. The van der Waals surface area contributed by atoms with E-state index in [0.29, 0.717) is 19.3 Å². The molecule has 18 heavy (non-hydrogen) atoms. The second kappa shape index (κ2) is 4.33. The molecule has 1 aliphatic rings. The van der Waals surface area contributed by atoms with Crippen LogP contribution in [0.25, 0.3) is 11.4 Å². The van der Waals surface area contributed by atoms with Gasteiger partial charge in [-0.05, 0) is 26.0 Å². The van der Waals surface area contributed by atoms with Gasteiger partial charge >= 0.3 is 0 Å². The SMILES string of the molecule is CC(C)n1cnnc1-c1cccc2c1OCCO2. The molecule has 94 valence electrons. The van der Waals surface area contributed by atoms with E-state index in [1.807, 2.05) is 22.8 Å². The number of para-hydroxylation sites is 1. The van der Waals surface area contributed by atoms with Crippen LogP contribution in [0.2, 0.25) is 0 Å². The fraction of sp³-hybridized carbons (Fsp3) is 0.385. The van der Waals surface area contributed by atoms with Crippen molar-refractivity contribution in [1.82, 2.24) is 14.8 Å². The first-order valence-corrected chi connectivity index (χ1v) is 6.06. The highest BCUT2D eigenvalue weighted by Crippen LogP contribution is 2.39. The van der Waals surface area contributed by atoms with Crippen LogP contribution in [-0.4, -0.2) is 28.0 Å². The standard InChI is InChI=1S/C13H15N3O2/c1-9(2)16-8-14-15-13(16)10-4-3-5-11-12(10)18-7-6-17-11/h3-5,8-9H,6-7H2,1-2H3. The second-order valence-electron chi connectivity index (χ2n) is 4.49. The Morgan fingerprint density at radius 3 is 2.89 bits per heavy atom. The van der Waals surface area contributed by atoms with Gasteiger partial charge in [-0.2, -0.15) is 0 Å². The number of rotatable bonds is 2. The largest absolute Gasteiger partial charge is 0.486 e. The van der Waals surface area contributed by atoms with Crippen molar-refractivity contribution in [2.45, 2.75) is 19.9 Å². The summed E-state index contributed by atoms with van der Waals surface area (Å²) in [6, 6.07) is 6.14. The van der Waals surface area contributed by atoms with Crippen LogP contribution in [0.15, 0.2) is 24.5 Å². The molecule has 1 aromatic heterocycles. The average Bonchev–Trinajstić information content (AvgIpc) is 2.87. The van der Waals surface area contributed by atoms with Crippen molar-refractivity contribution in [3.63, 3.8) is 0 Å². The predicted molar refractivity (Wildman–Crippen MR) is 66.8 cm³/mol. The summed E-state index contributed by atoms with van der Waals surface area (Å²) in [7, 11) is 0. The zero-order valence-corrected chi connectivity index (χ0v) is 10.5. The number of hydrogen-bond donors (Lipinski definition) is 0. The van der Waals surface area contributed by atoms with Crippen molar-refractivity contribution in [2.24, 2.45) is 0 Å². The van der Waals surface area contributed by atoms with Crippen LogP contribution in [-0.2, 0) is 0 Å². The molecule has 0 aliphatic carbocycles. The van der Waals surface area contributed by atoms with Crippen LogP contribution in [0.4, 0.5) is 0 Å². The van der Waals surface area contributed by atoms with E-state index >= 15 is 0 Å². The highest BCUT2D eigenvalue weighted by atomic mass is 16.6. The summed E-state index contributed by atoms with van der Waals surface area (Å²) in [6.45, 7) is 5.35. The lowest BCUT2D eigenvalue weighted by molar-refractivity contribution is 0.172. The lowest BCUT2D eigenvalue weighted by Gasteiger charge is -2.21. The van der Waals surface area contributed by atoms with Crippen LogP contribution in [0, 0.1) is 0 Å². The Morgan fingerprint density at radius 1 is 1.22 bits per heavy atom. The Morgan fingerprint density at radius 2 is 2.06 bits per heavy atom. The molecule has 3 rings (SSSR count). The summed E-state index contributed by atoms with van der Waals surface area (Å²) in [5.41, 5.74) is 0.929. The summed E-state index contributed by atoms with van der Waals surface area (Å²) in [5.74, 6) is 2.35. The molecule has 0 bridgehead atoms. The van der Waals surface area contributed by atoms with Crippen LogP contribution in [0.3, 0.4) is 0 Å². The van der Waals surface area contributed by atoms with E-state index in [1.54, 1.807) is 6.33 Å². The molecule has 0 unspecified atom stereocenters. The van der Waals surface area contributed by atoms with Crippen molar-refractivity contribution in [3.05, 3.63) is 24.5 Å². The third kappa shape index (κ3) is 1.72. The smallest absolute Gasteiger partial charge is 0.172 e. The van der Waals surface area contributed by atoms with E-state index in [-0.39, 0.29) is 0 Å². The highest BCUT2D eigenvalue weighted by molar-refractivity contribution is 5.69. The monoisotopic (exact) mass is 245 g/mol. The van der Waals surface area contributed by atoms with Crippen molar-refractivity contribution in [3.8, 4) is 22.9 Å². The number of aromatic nitrogens is 3. The molecule has 0 saturated carbocycles. The lowest BCUT2D eigenvalue weighted by atomic mass is 10.1. The van der Waals surface area contributed by atoms with Crippen LogP contribution in [0.1, 0.15) is 19.9 Å². The topological polar surface area (TPSA) is 49.2 Å². The fourth-order valence-electron chi connectivity index (χ4n) is 2.06. The molecule has 5 nitrogen and oxygen atoms in total. The van der Waals surface area contributed by atoms with Crippen LogP contribution < -0.4 is 9.47 Å². The molecule has 0 radical (unpaired) electrons. The summed E-state index contributed by atoms with van der Waals surface area (Å²) >= 11 is 0. The van der Waals surface area contributed by atoms with Crippen molar-refractivity contribution in [1.29, 1.82) is 0 Å². The molecule has 0 fully saturated rings. The molecule has 0 saturated heterocycles. The minimum Gasteiger partial charge on any atom is -0.486 e. The number of nitrogens with zero attached hydrogens (tertiary/aromatic N) is 3. The average molecular weight is 245 g/mol. The summed E-state index contributed by atoms with van der Waals surface area (Å²) < 4.78 is 13.3. The maximum absolute atomic E-state index is 5.71. The minimum absolute atomic E-state index is 0.301. The first-order valence-electron chi connectivity index (χ1n) is 6.06.